The summed E-state index contributed by atoms with van der Waals surface area (Å²) in [6, 6.07) is 9.93. The van der Waals surface area contributed by atoms with E-state index in [-0.39, 0.29) is 12.2 Å². The van der Waals surface area contributed by atoms with Gasteiger partial charge >= 0.3 is 0 Å². The van der Waals surface area contributed by atoms with Crippen LogP contribution in [-0.4, -0.2) is 45.4 Å². The van der Waals surface area contributed by atoms with E-state index in [0.29, 0.717) is 5.69 Å². The molecule has 0 radical (unpaired) electrons. The Morgan fingerprint density at radius 3 is 2.64 bits per heavy atom. The smallest absolute Gasteiger partial charge is 0.270 e. The Bertz CT molecular complexity index is 790. The van der Waals surface area contributed by atoms with Crippen LogP contribution in [0.3, 0.4) is 0 Å². The summed E-state index contributed by atoms with van der Waals surface area (Å²) in [5, 5.41) is 19.1. The van der Waals surface area contributed by atoms with E-state index in [1.165, 1.54) is 11.6 Å². The lowest BCUT2D eigenvalue weighted by atomic mass is 10.1. The topological polar surface area (TPSA) is 96.3 Å². The number of carbonyl (C=O) groups excluding carboxylic acids is 2. The Kier molecular flexibility index (Phi) is 5.93. The molecule has 0 aliphatic heterocycles. The van der Waals surface area contributed by atoms with Gasteiger partial charge < -0.3 is 15.7 Å². The van der Waals surface area contributed by atoms with Gasteiger partial charge in [-0.15, -0.1) is 6.42 Å². The highest BCUT2D eigenvalue weighted by Crippen LogP contribution is 2.18. The van der Waals surface area contributed by atoms with E-state index in [0.717, 1.165) is 5.56 Å². The summed E-state index contributed by atoms with van der Waals surface area (Å²) < 4.78 is 1.43. The lowest BCUT2D eigenvalue weighted by Gasteiger charge is -2.20. The van der Waals surface area contributed by atoms with E-state index in [2.05, 4.69) is 21.7 Å². The van der Waals surface area contributed by atoms with Crippen LogP contribution < -0.4 is 10.6 Å². The number of hydrogen-bond donors (Lipinski definition) is 3. The van der Waals surface area contributed by atoms with E-state index in [4.69, 9.17) is 6.42 Å². The average Bonchev–Trinajstić information content (AvgIpc) is 2.99. The minimum atomic E-state index is -1.11. The zero-order valence-corrected chi connectivity index (χ0v) is 14.1. The maximum atomic E-state index is 12.5. The van der Waals surface area contributed by atoms with Gasteiger partial charge in [-0.25, -0.2) is 0 Å². The van der Waals surface area contributed by atoms with Crippen LogP contribution >= 0.6 is 0 Å². The Morgan fingerprint density at radius 1 is 1.36 bits per heavy atom. The second-order valence-corrected chi connectivity index (χ2v) is 5.52. The van der Waals surface area contributed by atoms with Crippen LogP contribution in [0.15, 0.2) is 36.4 Å². The molecule has 7 heteroatoms. The molecule has 0 aliphatic rings. The zero-order chi connectivity index (χ0) is 18.4. The normalized spacial score (nSPS) is 12.7. The van der Waals surface area contributed by atoms with Gasteiger partial charge in [0, 0.05) is 12.6 Å². The number of aryl methyl sites for hydroxylation is 1. The van der Waals surface area contributed by atoms with Crippen LogP contribution in [0.1, 0.15) is 17.4 Å². The first-order valence-corrected chi connectivity index (χ1v) is 7.73. The fourth-order valence-electron chi connectivity index (χ4n) is 2.30. The van der Waals surface area contributed by atoms with Gasteiger partial charge in [0.05, 0.1) is 18.3 Å². The molecule has 0 bridgehead atoms. The van der Waals surface area contributed by atoms with Crippen molar-refractivity contribution < 1.29 is 14.7 Å². The van der Waals surface area contributed by atoms with Crippen LogP contribution in [0.2, 0.25) is 0 Å². The van der Waals surface area contributed by atoms with Gasteiger partial charge in [-0.2, -0.15) is 5.10 Å². The van der Waals surface area contributed by atoms with Crippen molar-refractivity contribution in [3.8, 4) is 23.6 Å². The highest BCUT2D eigenvalue weighted by molar-refractivity contribution is 5.97. The van der Waals surface area contributed by atoms with E-state index >= 15 is 0 Å². The highest BCUT2D eigenvalue weighted by atomic mass is 16.3. The molecule has 0 spiro atoms. The molecule has 1 heterocycles. The molecule has 7 nitrogen and oxygen atoms in total. The van der Waals surface area contributed by atoms with E-state index in [1.807, 2.05) is 30.3 Å². The number of aromatic nitrogens is 2. The second kappa shape index (κ2) is 8.13. The van der Waals surface area contributed by atoms with Crippen molar-refractivity contribution in [1.29, 1.82) is 0 Å². The average molecular weight is 340 g/mol. The lowest BCUT2D eigenvalue weighted by Crippen LogP contribution is -2.52. The monoisotopic (exact) mass is 340 g/mol. The number of aliphatic hydroxyl groups excluding tert-OH is 1. The minimum absolute atomic E-state index is 0.0157. The van der Waals surface area contributed by atoms with E-state index < -0.39 is 24.0 Å². The summed E-state index contributed by atoms with van der Waals surface area (Å²) in [7, 11) is 1.64. The number of aliphatic hydroxyl groups is 1. The van der Waals surface area contributed by atoms with Gasteiger partial charge in [0.1, 0.15) is 11.7 Å². The maximum Gasteiger partial charge on any atom is 0.270 e. The first-order valence-electron chi connectivity index (χ1n) is 7.73. The summed E-state index contributed by atoms with van der Waals surface area (Å²) in [4.78, 5) is 24.5. The molecule has 0 saturated heterocycles. The van der Waals surface area contributed by atoms with Crippen molar-refractivity contribution in [2.75, 3.05) is 6.54 Å². The van der Waals surface area contributed by atoms with Crippen LogP contribution in [0.25, 0.3) is 11.3 Å². The van der Waals surface area contributed by atoms with E-state index in [9.17, 15) is 14.7 Å². The molecular formula is C18H20N4O3. The van der Waals surface area contributed by atoms with Gasteiger partial charge in [0.2, 0.25) is 5.91 Å². The standard InChI is InChI=1S/C18H20N4O3/c1-4-10-19-18(25)16(12(2)23)20-17(24)15-11-14(21-22(15)3)13-8-6-5-7-9-13/h1,5-9,11-12,16,23H,10H2,2-3H3,(H,19,25)(H,20,24)/t12-,16+/m1/s1. The van der Waals surface area contributed by atoms with Crippen molar-refractivity contribution >= 4 is 11.8 Å². The molecule has 1 aromatic heterocycles. The summed E-state index contributed by atoms with van der Waals surface area (Å²) in [6.07, 6.45) is 4.02. The minimum Gasteiger partial charge on any atom is -0.391 e. The Balaban J connectivity index is 2.18. The second-order valence-electron chi connectivity index (χ2n) is 5.52. The number of nitrogens with one attached hydrogen (secondary N) is 2. The Morgan fingerprint density at radius 2 is 2.04 bits per heavy atom. The van der Waals surface area contributed by atoms with Crippen molar-refractivity contribution in [2.24, 2.45) is 7.05 Å². The Hall–Kier alpha value is -3.11. The fraction of sp³-hybridized carbons (Fsp3) is 0.278. The molecule has 0 fully saturated rings. The van der Waals surface area contributed by atoms with Crippen molar-refractivity contribution in [2.45, 2.75) is 19.1 Å². The van der Waals surface area contributed by atoms with Gasteiger partial charge in [-0.3, -0.25) is 14.3 Å². The van der Waals surface area contributed by atoms with Crippen LogP contribution in [0.4, 0.5) is 0 Å². The number of terminal acetylenes is 1. The summed E-state index contributed by atoms with van der Waals surface area (Å²) in [5.41, 5.74) is 1.78. The van der Waals surface area contributed by atoms with Gasteiger partial charge in [-0.05, 0) is 13.0 Å². The molecule has 3 N–H and O–H groups in total. The lowest BCUT2D eigenvalue weighted by molar-refractivity contribution is -0.125. The molecule has 0 saturated carbocycles. The largest absolute Gasteiger partial charge is 0.391 e. The molecule has 2 aromatic rings. The highest BCUT2D eigenvalue weighted by Gasteiger charge is 2.27. The fourth-order valence-corrected chi connectivity index (χ4v) is 2.30. The molecule has 1 aromatic carbocycles. The predicted molar refractivity (Wildman–Crippen MR) is 93.4 cm³/mol. The summed E-state index contributed by atoms with van der Waals surface area (Å²) in [5.74, 6) is 1.20. The number of amides is 2. The predicted octanol–water partition coefficient (Wildman–Crippen LogP) is 0.316. The third kappa shape index (κ3) is 4.46. The molecule has 0 unspecified atom stereocenters. The number of rotatable bonds is 6. The maximum absolute atomic E-state index is 12.5. The third-order valence-corrected chi connectivity index (χ3v) is 3.60. The number of benzene rings is 1. The zero-order valence-electron chi connectivity index (χ0n) is 14.1. The van der Waals surface area contributed by atoms with Crippen LogP contribution in [0, 0.1) is 12.3 Å². The number of carbonyl (C=O) groups is 2. The molecule has 25 heavy (non-hydrogen) atoms. The molecule has 130 valence electrons. The number of hydrogen-bond acceptors (Lipinski definition) is 4. The molecule has 0 aliphatic carbocycles. The number of nitrogens with zero attached hydrogens (tertiary/aromatic N) is 2. The quantitative estimate of drug-likeness (QED) is 0.660. The van der Waals surface area contributed by atoms with Crippen molar-refractivity contribution in [3.05, 3.63) is 42.1 Å². The van der Waals surface area contributed by atoms with Gasteiger partial charge in [-0.1, -0.05) is 36.3 Å². The molecule has 2 atom stereocenters. The summed E-state index contributed by atoms with van der Waals surface area (Å²) in [6.45, 7) is 1.43. The third-order valence-electron chi connectivity index (χ3n) is 3.60. The van der Waals surface area contributed by atoms with Gasteiger partial charge in [0.15, 0.2) is 0 Å². The Labute approximate surface area is 146 Å². The van der Waals surface area contributed by atoms with Gasteiger partial charge in [0.25, 0.3) is 5.91 Å². The van der Waals surface area contributed by atoms with Crippen LogP contribution in [0.5, 0.6) is 0 Å². The summed E-state index contributed by atoms with van der Waals surface area (Å²) >= 11 is 0. The molecular weight excluding hydrogens is 320 g/mol. The van der Waals surface area contributed by atoms with Crippen molar-refractivity contribution in [1.82, 2.24) is 20.4 Å². The first-order chi connectivity index (χ1) is 11.9. The molecule has 2 rings (SSSR count). The van der Waals surface area contributed by atoms with Crippen molar-refractivity contribution in [3.63, 3.8) is 0 Å². The van der Waals surface area contributed by atoms with E-state index in [1.54, 1.807) is 13.1 Å². The molecule has 2 amide bonds. The SMILES string of the molecule is C#CCNC(=O)[C@@H](NC(=O)c1cc(-c2ccccc2)nn1C)[C@@H](C)O. The first kappa shape index (κ1) is 18.2. The van der Waals surface area contributed by atoms with Crippen LogP contribution in [-0.2, 0) is 11.8 Å².